The van der Waals surface area contributed by atoms with E-state index in [0.717, 1.165) is 17.3 Å². The quantitative estimate of drug-likeness (QED) is 0.474. The number of para-hydroxylation sites is 1. The van der Waals surface area contributed by atoms with E-state index in [9.17, 15) is 22.8 Å². The number of amides is 3. The van der Waals surface area contributed by atoms with E-state index in [1.165, 1.54) is 23.1 Å². The number of carbonyl (C=O) groups is 2. The summed E-state index contributed by atoms with van der Waals surface area (Å²) in [6, 6.07) is 17.3. The van der Waals surface area contributed by atoms with Gasteiger partial charge in [0.05, 0.1) is 17.8 Å². The second-order valence-electron chi connectivity index (χ2n) is 8.68. The fourth-order valence-corrected chi connectivity index (χ4v) is 3.92. The van der Waals surface area contributed by atoms with Crippen molar-refractivity contribution >= 4 is 17.6 Å². The first kappa shape index (κ1) is 24.4. The van der Waals surface area contributed by atoms with Gasteiger partial charge in [-0.15, -0.1) is 0 Å². The SMILES string of the molecule is Cn1cccc1CN(Cc1ccccc1)C(=O)CN(C(=O)Nc1ccccc1C(F)(F)F)C1CC1. The van der Waals surface area contributed by atoms with Crippen LogP contribution in [0.2, 0.25) is 0 Å². The lowest BCUT2D eigenvalue weighted by atomic mass is 10.1. The fraction of sp³-hybridized carbons (Fsp3) is 0.308. The van der Waals surface area contributed by atoms with Gasteiger partial charge in [0.15, 0.2) is 0 Å². The van der Waals surface area contributed by atoms with Gasteiger partial charge in [-0.3, -0.25) is 4.79 Å². The Morgan fingerprint density at radius 2 is 1.66 bits per heavy atom. The molecule has 3 amide bonds. The van der Waals surface area contributed by atoms with Crippen LogP contribution in [0.3, 0.4) is 0 Å². The number of hydrogen-bond acceptors (Lipinski definition) is 2. The molecule has 0 unspecified atom stereocenters. The van der Waals surface area contributed by atoms with Crippen LogP contribution in [0.4, 0.5) is 23.7 Å². The predicted molar refractivity (Wildman–Crippen MR) is 126 cm³/mol. The number of aromatic nitrogens is 1. The number of nitrogens with one attached hydrogen (secondary N) is 1. The van der Waals surface area contributed by atoms with E-state index in [1.54, 1.807) is 4.90 Å². The summed E-state index contributed by atoms with van der Waals surface area (Å²) < 4.78 is 42.1. The molecule has 184 valence electrons. The molecule has 0 atom stereocenters. The van der Waals surface area contributed by atoms with Crippen molar-refractivity contribution in [3.8, 4) is 0 Å². The minimum atomic E-state index is -4.61. The summed E-state index contributed by atoms with van der Waals surface area (Å²) >= 11 is 0. The number of urea groups is 1. The number of rotatable bonds is 8. The molecule has 0 spiro atoms. The Kier molecular flexibility index (Phi) is 7.14. The summed E-state index contributed by atoms with van der Waals surface area (Å²) in [6.45, 7) is 0.470. The highest BCUT2D eigenvalue weighted by molar-refractivity contribution is 5.93. The van der Waals surface area contributed by atoms with E-state index in [4.69, 9.17) is 0 Å². The molecule has 1 heterocycles. The van der Waals surface area contributed by atoms with Crippen molar-refractivity contribution in [2.45, 2.75) is 38.1 Å². The Hall–Kier alpha value is -3.75. The Morgan fingerprint density at radius 3 is 2.29 bits per heavy atom. The zero-order chi connectivity index (χ0) is 25.0. The summed E-state index contributed by atoms with van der Waals surface area (Å²) in [6.07, 6.45) is -1.30. The third-order valence-corrected chi connectivity index (χ3v) is 6.00. The maximum Gasteiger partial charge on any atom is 0.418 e. The van der Waals surface area contributed by atoms with Gasteiger partial charge in [-0.2, -0.15) is 13.2 Å². The van der Waals surface area contributed by atoms with Gasteiger partial charge in [-0.05, 0) is 42.7 Å². The Bertz CT molecular complexity index is 1170. The summed E-state index contributed by atoms with van der Waals surface area (Å²) in [5.41, 5.74) is 0.616. The van der Waals surface area contributed by atoms with E-state index >= 15 is 0 Å². The van der Waals surface area contributed by atoms with Crippen LogP contribution in [-0.4, -0.2) is 38.9 Å². The van der Waals surface area contributed by atoms with Crippen molar-refractivity contribution in [1.29, 1.82) is 0 Å². The lowest BCUT2D eigenvalue weighted by Crippen LogP contribution is -2.45. The molecule has 0 aliphatic heterocycles. The number of hydrogen-bond donors (Lipinski definition) is 1. The molecule has 1 aliphatic rings. The Morgan fingerprint density at radius 1 is 0.971 bits per heavy atom. The molecule has 0 bridgehead atoms. The lowest BCUT2D eigenvalue weighted by molar-refractivity contribution is -0.137. The summed E-state index contributed by atoms with van der Waals surface area (Å²) in [7, 11) is 1.89. The molecule has 3 aromatic rings. The molecule has 1 aromatic heterocycles. The average Bonchev–Trinajstić information content (AvgIpc) is 3.59. The van der Waals surface area contributed by atoms with Crippen LogP contribution >= 0.6 is 0 Å². The smallest absolute Gasteiger partial charge is 0.353 e. The zero-order valence-corrected chi connectivity index (χ0v) is 19.3. The van der Waals surface area contributed by atoms with E-state index in [0.29, 0.717) is 25.9 Å². The van der Waals surface area contributed by atoms with E-state index in [1.807, 2.05) is 60.3 Å². The summed E-state index contributed by atoms with van der Waals surface area (Å²) in [4.78, 5) is 29.5. The van der Waals surface area contributed by atoms with Crippen molar-refractivity contribution in [2.24, 2.45) is 7.05 Å². The number of alkyl halides is 3. The molecule has 1 N–H and O–H groups in total. The van der Waals surface area contributed by atoms with Gasteiger partial charge in [0, 0.05) is 31.5 Å². The van der Waals surface area contributed by atoms with Crippen molar-refractivity contribution < 1.29 is 22.8 Å². The molecule has 2 aromatic carbocycles. The highest BCUT2D eigenvalue weighted by atomic mass is 19.4. The van der Waals surface area contributed by atoms with Gasteiger partial charge in [0.2, 0.25) is 5.91 Å². The first-order valence-corrected chi connectivity index (χ1v) is 11.4. The van der Waals surface area contributed by atoms with Gasteiger partial charge in [-0.1, -0.05) is 42.5 Å². The summed E-state index contributed by atoms with van der Waals surface area (Å²) in [5, 5.41) is 2.38. The van der Waals surface area contributed by atoms with Gasteiger partial charge >= 0.3 is 12.2 Å². The monoisotopic (exact) mass is 484 g/mol. The first-order chi connectivity index (χ1) is 16.7. The minimum Gasteiger partial charge on any atom is -0.353 e. The molecular weight excluding hydrogens is 457 g/mol. The number of anilines is 1. The van der Waals surface area contributed by atoms with Crippen LogP contribution in [0.25, 0.3) is 0 Å². The standard InChI is InChI=1S/C26H27F3N4O2/c1-31-15-7-10-21(31)17-32(16-19-8-3-2-4-9-19)24(34)18-33(20-13-14-20)25(35)30-23-12-6-5-11-22(23)26(27,28)29/h2-12,15,20H,13-14,16-18H2,1H3,(H,30,35). The van der Waals surface area contributed by atoms with Crippen LogP contribution in [0.15, 0.2) is 72.9 Å². The minimum absolute atomic E-state index is 0.175. The van der Waals surface area contributed by atoms with Gasteiger partial charge in [0.25, 0.3) is 0 Å². The normalized spacial score (nSPS) is 13.4. The van der Waals surface area contributed by atoms with E-state index in [-0.39, 0.29) is 24.2 Å². The second-order valence-corrected chi connectivity index (χ2v) is 8.68. The fourth-order valence-electron chi connectivity index (χ4n) is 3.92. The summed E-state index contributed by atoms with van der Waals surface area (Å²) in [5.74, 6) is -0.277. The molecule has 1 saturated carbocycles. The predicted octanol–water partition coefficient (Wildman–Crippen LogP) is 5.27. The molecular formula is C26H27F3N4O2. The van der Waals surface area contributed by atoms with E-state index < -0.39 is 17.8 Å². The van der Waals surface area contributed by atoms with Gasteiger partial charge in [0.1, 0.15) is 6.54 Å². The van der Waals surface area contributed by atoms with Crippen LogP contribution in [0.1, 0.15) is 29.7 Å². The second kappa shape index (κ2) is 10.2. The van der Waals surface area contributed by atoms with Crippen molar-refractivity contribution in [3.63, 3.8) is 0 Å². The van der Waals surface area contributed by atoms with Crippen molar-refractivity contribution in [1.82, 2.24) is 14.4 Å². The topological polar surface area (TPSA) is 57.6 Å². The molecule has 1 aliphatic carbocycles. The highest BCUT2D eigenvalue weighted by Crippen LogP contribution is 2.35. The first-order valence-electron chi connectivity index (χ1n) is 11.4. The van der Waals surface area contributed by atoms with Crippen LogP contribution in [0, 0.1) is 0 Å². The lowest BCUT2D eigenvalue weighted by Gasteiger charge is -2.28. The average molecular weight is 485 g/mol. The van der Waals surface area contributed by atoms with E-state index in [2.05, 4.69) is 5.32 Å². The van der Waals surface area contributed by atoms with Crippen LogP contribution in [0.5, 0.6) is 0 Å². The third kappa shape index (κ3) is 6.23. The molecule has 35 heavy (non-hydrogen) atoms. The number of carbonyl (C=O) groups excluding carboxylic acids is 2. The van der Waals surface area contributed by atoms with Crippen molar-refractivity contribution in [2.75, 3.05) is 11.9 Å². The zero-order valence-electron chi connectivity index (χ0n) is 19.3. The molecule has 9 heteroatoms. The Balaban J connectivity index is 1.52. The number of halogens is 3. The van der Waals surface area contributed by atoms with Crippen molar-refractivity contribution in [3.05, 3.63) is 89.7 Å². The Labute approximate surface area is 201 Å². The highest BCUT2D eigenvalue weighted by Gasteiger charge is 2.37. The van der Waals surface area contributed by atoms with Crippen LogP contribution < -0.4 is 5.32 Å². The molecule has 6 nitrogen and oxygen atoms in total. The van der Waals surface area contributed by atoms with Gasteiger partial charge < -0.3 is 19.7 Å². The van der Waals surface area contributed by atoms with Crippen LogP contribution in [-0.2, 0) is 31.1 Å². The third-order valence-electron chi connectivity index (χ3n) is 6.00. The maximum absolute atomic E-state index is 13.4. The number of nitrogens with zero attached hydrogens (tertiary/aromatic N) is 3. The number of benzene rings is 2. The van der Waals surface area contributed by atoms with Gasteiger partial charge in [-0.25, -0.2) is 4.79 Å². The largest absolute Gasteiger partial charge is 0.418 e. The molecule has 0 saturated heterocycles. The molecule has 0 radical (unpaired) electrons. The maximum atomic E-state index is 13.4. The molecule has 4 rings (SSSR count). The molecule has 1 fully saturated rings. The number of aryl methyl sites for hydroxylation is 1.